The molecule has 105 heavy (non-hydrogen) atoms. The van der Waals surface area contributed by atoms with E-state index in [0.29, 0.717) is 31.6 Å². The molecule has 0 bridgehead atoms. The zero-order chi connectivity index (χ0) is 77.2. The molecule has 3 N–H and O–H groups in total. The van der Waals surface area contributed by atoms with Gasteiger partial charge in [0.2, 0.25) is 0 Å². The third-order valence-electron chi connectivity index (χ3n) is 20.2. The molecule has 19 heteroatoms. The molecule has 7 atom stereocenters. The molecule has 620 valence electrons. The molecule has 5 unspecified atom stereocenters. The van der Waals surface area contributed by atoms with Crippen molar-refractivity contribution in [3.05, 3.63) is 24.3 Å². The smallest absolute Gasteiger partial charge is 0.462 e. The van der Waals surface area contributed by atoms with E-state index in [4.69, 9.17) is 37.0 Å². The lowest BCUT2D eigenvalue weighted by Gasteiger charge is -2.21. The molecular weight excluding hydrogens is 1370 g/mol. The lowest BCUT2D eigenvalue weighted by atomic mass is 9.99. The molecule has 0 heterocycles. The van der Waals surface area contributed by atoms with Crippen LogP contribution in [0, 0.1) is 17.8 Å². The van der Waals surface area contributed by atoms with E-state index in [0.717, 1.165) is 121 Å². The molecule has 0 aromatic carbocycles. The van der Waals surface area contributed by atoms with Crippen LogP contribution in [0.5, 0.6) is 0 Å². The maximum absolute atomic E-state index is 13.1. The van der Waals surface area contributed by atoms with Crippen molar-refractivity contribution in [2.24, 2.45) is 17.8 Å². The Morgan fingerprint density at radius 2 is 0.562 bits per heavy atom. The highest BCUT2D eigenvalue weighted by molar-refractivity contribution is 7.47. The van der Waals surface area contributed by atoms with Crippen molar-refractivity contribution in [2.45, 2.75) is 446 Å². The average Bonchev–Trinajstić information content (AvgIpc) is 0.905. The normalized spacial score (nSPS) is 14.5. The van der Waals surface area contributed by atoms with Crippen LogP contribution in [0.3, 0.4) is 0 Å². The van der Waals surface area contributed by atoms with Crippen LogP contribution in [0.2, 0.25) is 0 Å². The number of esters is 4. The fourth-order valence-corrected chi connectivity index (χ4v) is 14.3. The van der Waals surface area contributed by atoms with Gasteiger partial charge in [-0.15, -0.1) is 0 Å². The van der Waals surface area contributed by atoms with E-state index >= 15 is 0 Å². The van der Waals surface area contributed by atoms with Crippen molar-refractivity contribution in [1.29, 1.82) is 0 Å². The van der Waals surface area contributed by atoms with Gasteiger partial charge in [-0.1, -0.05) is 375 Å². The minimum absolute atomic E-state index is 0.0843. The van der Waals surface area contributed by atoms with E-state index in [9.17, 15) is 43.2 Å². The largest absolute Gasteiger partial charge is 0.472 e. The predicted octanol–water partition coefficient (Wildman–Crippen LogP) is 25.6. The Morgan fingerprint density at radius 1 is 0.314 bits per heavy atom. The van der Waals surface area contributed by atoms with E-state index in [1.165, 1.54) is 218 Å². The number of ether oxygens (including phenoxy) is 4. The van der Waals surface area contributed by atoms with Gasteiger partial charge >= 0.3 is 39.5 Å². The highest BCUT2D eigenvalue weighted by Gasteiger charge is 2.30. The third-order valence-corrected chi connectivity index (χ3v) is 22.1. The number of phosphoric acid groups is 2. The molecule has 0 radical (unpaired) electrons. The van der Waals surface area contributed by atoms with E-state index in [2.05, 4.69) is 72.8 Å². The van der Waals surface area contributed by atoms with Gasteiger partial charge in [-0.05, 0) is 69.1 Å². The third kappa shape index (κ3) is 76.7. The topological polar surface area (TPSA) is 237 Å². The van der Waals surface area contributed by atoms with E-state index in [1.54, 1.807) is 0 Å². The number of carbonyl (C=O) groups is 4. The molecule has 0 amide bonds. The van der Waals surface area contributed by atoms with Gasteiger partial charge in [0.25, 0.3) is 0 Å². The summed E-state index contributed by atoms with van der Waals surface area (Å²) >= 11 is 0. The minimum Gasteiger partial charge on any atom is -0.462 e. The van der Waals surface area contributed by atoms with Gasteiger partial charge in [-0.2, -0.15) is 0 Å². The van der Waals surface area contributed by atoms with Gasteiger partial charge in [0.05, 0.1) is 26.4 Å². The Bertz CT molecular complexity index is 2130. The molecule has 17 nitrogen and oxygen atoms in total. The SMILES string of the molecule is CCCCCC/C=C\C=C/CCCCCCCC(=O)O[C@H](COC(=O)CCCCCCCCCC(C)C)COP(=O)(O)OCC(O)COP(=O)(O)OC[C@@H](COC(=O)CCCCCCCCCCCCCCCCC(C)CC)OC(=O)CCCCCCCCCCCCCCCCCCCCC(C)CC. The fraction of sp³-hybridized carbons (Fsp3) is 0.907. The lowest BCUT2D eigenvalue weighted by Crippen LogP contribution is -2.30. The summed E-state index contributed by atoms with van der Waals surface area (Å²) < 4.78 is 68.8. The second kappa shape index (κ2) is 75.6. The Hall–Kier alpha value is -2.46. The summed E-state index contributed by atoms with van der Waals surface area (Å²) in [5, 5.41) is 10.7. The van der Waals surface area contributed by atoms with Crippen molar-refractivity contribution in [3.63, 3.8) is 0 Å². The highest BCUT2D eigenvalue weighted by atomic mass is 31.2. The summed E-state index contributed by atoms with van der Waals surface area (Å²) in [5.41, 5.74) is 0. The second-order valence-corrected chi connectivity index (χ2v) is 34.1. The number of phosphoric ester groups is 2. The summed E-state index contributed by atoms with van der Waals surface area (Å²) in [6.45, 7) is 12.0. The monoisotopic (exact) mass is 1530 g/mol. The summed E-state index contributed by atoms with van der Waals surface area (Å²) in [6, 6.07) is 0. The number of hydrogen-bond acceptors (Lipinski definition) is 15. The van der Waals surface area contributed by atoms with E-state index < -0.39 is 97.5 Å². The highest BCUT2D eigenvalue weighted by Crippen LogP contribution is 2.45. The van der Waals surface area contributed by atoms with Crippen molar-refractivity contribution >= 4 is 39.5 Å². The number of rotatable bonds is 82. The Labute approximate surface area is 643 Å². The van der Waals surface area contributed by atoms with Gasteiger partial charge < -0.3 is 33.8 Å². The van der Waals surface area contributed by atoms with Crippen LogP contribution in [0.15, 0.2) is 24.3 Å². The molecule has 0 spiro atoms. The Kier molecular flexibility index (Phi) is 73.8. The molecular formula is C86H164O17P2. The molecule has 0 aromatic rings. The first-order valence-corrected chi connectivity index (χ1v) is 46.7. The van der Waals surface area contributed by atoms with Crippen molar-refractivity contribution in [2.75, 3.05) is 39.6 Å². The molecule has 0 aliphatic carbocycles. The minimum atomic E-state index is -4.97. The van der Waals surface area contributed by atoms with Crippen molar-refractivity contribution in [1.82, 2.24) is 0 Å². The number of unbranched alkanes of at least 4 members (excludes halogenated alkanes) is 45. The van der Waals surface area contributed by atoms with Gasteiger partial charge in [0, 0.05) is 25.7 Å². The van der Waals surface area contributed by atoms with E-state index in [1.807, 2.05) is 0 Å². The van der Waals surface area contributed by atoms with Gasteiger partial charge in [0.15, 0.2) is 12.2 Å². The average molecular weight is 1530 g/mol. The first kappa shape index (κ1) is 103. The van der Waals surface area contributed by atoms with Crippen LogP contribution >= 0.6 is 15.6 Å². The molecule has 0 aliphatic heterocycles. The number of hydrogen-bond donors (Lipinski definition) is 3. The first-order chi connectivity index (χ1) is 50.8. The summed E-state index contributed by atoms with van der Waals surface area (Å²) in [7, 11) is -9.94. The predicted molar refractivity (Wildman–Crippen MR) is 432 cm³/mol. The lowest BCUT2D eigenvalue weighted by molar-refractivity contribution is -0.161. The number of carbonyl (C=O) groups excluding carboxylic acids is 4. The van der Waals surface area contributed by atoms with Crippen LogP contribution in [-0.4, -0.2) is 96.7 Å². The van der Waals surface area contributed by atoms with Gasteiger partial charge in [-0.3, -0.25) is 37.3 Å². The zero-order valence-corrected chi connectivity index (χ0v) is 70.5. The Morgan fingerprint density at radius 3 is 0.848 bits per heavy atom. The molecule has 0 saturated heterocycles. The van der Waals surface area contributed by atoms with Crippen LogP contribution in [0.4, 0.5) is 0 Å². The summed E-state index contributed by atoms with van der Waals surface area (Å²) in [5.74, 6) is 0.283. The van der Waals surface area contributed by atoms with Crippen LogP contribution in [-0.2, 0) is 65.4 Å². The zero-order valence-electron chi connectivity index (χ0n) is 68.7. The Balaban J connectivity index is 5.26. The van der Waals surface area contributed by atoms with Gasteiger partial charge in [-0.25, -0.2) is 9.13 Å². The van der Waals surface area contributed by atoms with Crippen molar-refractivity contribution in [3.8, 4) is 0 Å². The summed E-state index contributed by atoms with van der Waals surface area (Å²) in [6.07, 6.45) is 68.9. The molecule has 0 rings (SSSR count). The van der Waals surface area contributed by atoms with Crippen LogP contribution in [0.1, 0.15) is 427 Å². The maximum atomic E-state index is 13.1. The maximum Gasteiger partial charge on any atom is 0.472 e. The quantitative estimate of drug-likeness (QED) is 0.0169. The van der Waals surface area contributed by atoms with Crippen LogP contribution < -0.4 is 0 Å². The standard InChI is InChI=1S/C86H164O17P2/c1-8-11-12-13-14-15-16-17-22-30-35-40-47-55-62-69-86(91)103-82(74-97-84(89)68-61-54-49-42-43-50-57-64-77(4)5)76-101-105(94,95)99-72-80(87)71-98-104(92,93)100-75-81(73-96-83(88)67-60-53-46-39-34-29-26-25-28-33-38-45-52-59-66-79(7)10-3)102-85(90)70-63-56-48-41-36-31-24-21-19-18-20-23-27-32-37-44-51-58-65-78(6)9-2/h15-17,22,77-82,87H,8-14,18-21,23-76H2,1-7H3,(H,92,93)(H,94,95)/b16-15-,22-17-/t78?,79?,80?,81-,82-/m1/s1. The summed E-state index contributed by atoms with van der Waals surface area (Å²) in [4.78, 5) is 73.1. The molecule has 0 fully saturated rings. The van der Waals surface area contributed by atoms with Crippen LogP contribution in [0.25, 0.3) is 0 Å². The molecule has 0 saturated carbocycles. The second-order valence-electron chi connectivity index (χ2n) is 31.2. The number of allylic oxidation sites excluding steroid dienone is 4. The molecule has 0 aliphatic rings. The van der Waals surface area contributed by atoms with Gasteiger partial charge in [0.1, 0.15) is 19.3 Å². The first-order valence-electron chi connectivity index (χ1n) is 43.7. The fourth-order valence-electron chi connectivity index (χ4n) is 12.8. The number of aliphatic hydroxyl groups is 1. The number of aliphatic hydroxyl groups excluding tert-OH is 1. The molecule has 0 aromatic heterocycles. The van der Waals surface area contributed by atoms with E-state index in [-0.39, 0.29) is 25.7 Å². The van der Waals surface area contributed by atoms with Crippen molar-refractivity contribution < 1.29 is 80.2 Å².